The number of amides is 1. The number of hydrogen-bond donors (Lipinski definition) is 4. The number of ether oxygens (including phenoxy) is 3. The van der Waals surface area contributed by atoms with Crippen molar-refractivity contribution in [3.8, 4) is 11.8 Å². The first-order chi connectivity index (χ1) is 10.7. The maximum Gasteiger partial charge on any atom is 0.220 e. The summed E-state index contributed by atoms with van der Waals surface area (Å²) in [5, 5.41) is 2.78. The molecule has 0 saturated heterocycles. The van der Waals surface area contributed by atoms with Crippen LogP contribution >= 0.6 is 32.3 Å². The smallest absolute Gasteiger partial charge is 0.220 e. The fourth-order valence-corrected chi connectivity index (χ4v) is 2.13. The molecule has 0 unspecified atom stereocenters. The Hall–Kier alpha value is -0.0400. The molecule has 130 valence electrons. The number of carbonyl (C=O) groups excluding carboxylic acids is 1. The molecular weight excluding hydrogens is 342 g/mol. The number of nitrogens with one attached hydrogen (secondary N) is 1. The maximum atomic E-state index is 11.5. The Kier molecular flexibility index (Phi) is 17.3. The monoisotopic (exact) mass is 369 g/mol. The number of thiol groups is 3. The molecule has 0 aliphatic carbocycles. The van der Waals surface area contributed by atoms with Gasteiger partial charge in [0.25, 0.3) is 0 Å². The van der Waals surface area contributed by atoms with Crippen molar-refractivity contribution in [2.75, 3.05) is 51.9 Å². The molecule has 0 aliphatic heterocycles. The Morgan fingerprint density at radius 2 is 1.82 bits per heavy atom. The summed E-state index contributed by atoms with van der Waals surface area (Å²) < 4.78 is 15.9. The largest absolute Gasteiger partial charge is 0.379 e. The van der Waals surface area contributed by atoms with Crippen LogP contribution in [0.3, 0.4) is 0 Å². The van der Waals surface area contributed by atoms with E-state index in [0.717, 1.165) is 5.75 Å². The van der Waals surface area contributed by atoms with Crippen LogP contribution in [0.2, 0.25) is 0 Å². The van der Waals surface area contributed by atoms with Crippen LogP contribution in [0.4, 0.5) is 0 Å². The van der Waals surface area contributed by atoms with E-state index in [1.807, 2.05) is 0 Å². The highest BCUT2D eigenvalue weighted by Crippen LogP contribution is 2.33. The Bertz CT molecular complexity index is 332. The molecule has 0 aliphatic rings. The zero-order valence-corrected chi connectivity index (χ0v) is 15.7. The standard InChI is InChI=1S/C14H27NO4S3/c1-2-3-7-17-9-6-15-14(16)5-4-8-18-10-11-19-12-13-22(20)21/h20-22H,4-13H2,1H3,(H,15,16). The molecule has 0 fully saturated rings. The first kappa shape index (κ1) is 22.0. The number of hydrogen-bond acceptors (Lipinski definition) is 6. The summed E-state index contributed by atoms with van der Waals surface area (Å²) >= 11 is 8.40. The van der Waals surface area contributed by atoms with Crippen molar-refractivity contribution in [2.24, 2.45) is 0 Å². The van der Waals surface area contributed by atoms with Crippen LogP contribution in [0.1, 0.15) is 19.8 Å². The van der Waals surface area contributed by atoms with Crippen LogP contribution in [0.5, 0.6) is 0 Å². The van der Waals surface area contributed by atoms with Crippen molar-refractivity contribution in [2.45, 2.75) is 19.8 Å². The van der Waals surface area contributed by atoms with Gasteiger partial charge in [-0.05, 0) is 13.3 Å². The van der Waals surface area contributed by atoms with Crippen molar-refractivity contribution in [1.82, 2.24) is 5.32 Å². The van der Waals surface area contributed by atoms with E-state index in [1.165, 1.54) is 0 Å². The molecule has 0 atom stereocenters. The summed E-state index contributed by atoms with van der Waals surface area (Å²) in [6, 6.07) is 0. The number of carbonyl (C=O) groups is 1. The topological polar surface area (TPSA) is 56.8 Å². The molecule has 0 radical (unpaired) electrons. The fraction of sp³-hybridized carbons (Fsp3) is 0.786. The van der Waals surface area contributed by atoms with Gasteiger partial charge in [-0.25, -0.2) is 0 Å². The zero-order chi connectivity index (χ0) is 16.5. The Morgan fingerprint density at radius 3 is 2.50 bits per heavy atom. The summed E-state index contributed by atoms with van der Waals surface area (Å²) in [6.45, 7) is 5.50. The second kappa shape index (κ2) is 17.3. The van der Waals surface area contributed by atoms with E-state index in [9.17, 15) is 4.79 Å². The molecule has 0 spiro atoms. The molecule has 0 heterocycles. The fourth-order valence-electron chi connectivity index (χ4n) is 1.35. The molecule has 22 heavy (non-hydrogen) atoms. The third-order valence-corrected chi connectivity index (χ3v) is 4.20. The molecule has 8 heteroatoms. The zero-order valence-electron chi connectivity index (χ0n) is 13.0. The van der Waals surface area contributed by atoms with Gasteiger partial charge >= 0.3 is 0 Å². The van der Waals surface area contributed by atoms with Crippen molar-refractivity contribution < 1.29 is 19.0 Å². The highest BCUT2D eigenvalue weighted by molar-refractivity contribution is 9.09. The van der Waals surface area contributed by atoms with Gasteiger partial charge < -0.3 is 19.5 Å². The van der Waals surface area contributed by atoms with E-state index in [1.54, 1.807) is 6.92 Å². The molecule has 1 amide bonds. The molecule has 0 aromatic rings. The van der Waals surface area contributed by atoms with Gasteiger partial charge in [-0.1, -0.05) is 5.92 Å². The summed E-state index contributed by atoms with van der Waals surface area (Å²) in [6.07, 6.45) is 1.16. The second-order valence-corrected chi connectivity index (χ2v) is 9.29. The van der Waals surface area contributed by atoms with E-state index in [-0.39, 0.29) is 5.91 Å². The van der Waals surface area contributed by atoms with Crippen molar-refractivity contribution in [1.29, 1.82) is 0 Å². The maximum absolute atomic E-state index is 11.5. The average Bonchev–Trinajstić information content (AvgIpc) is 2.48. The lowest BCUT2D eigenvalue weighted by Gasteiger charge is -2.08. The minimum absolute atomic E-state index is 0.0148. The summed E-state index contributed by atoms with van der Waals surface area (Å²) in [5.74, 6) is 6.41. The van der Waals surface area contributed by atoms with Crippen LogP contribution in [0.15, 0.2) is 0 Å². The van der Waals surface area contributed by atoms with E-state index in [0.29, 0.717) is 59.0 Å². The van der Waals surface area contributed by atoms with Crippen LogP contribution in [0, 0.1) is 11.8 Å². The van der Waals surface area contributed by atoms with E-state index in [4.69, 9.17) is 14.2 Å². The van der Waals surface area contributed by atoms with E-state index < -0.39 is 8.96 Å². The molecule has 0 rings (SSSR count). The normalized spacial score (nSPS) is 10.8. The molecule has 0 aromatic carbocycles. The number of rotatable bonds is 14. The van der Waals surface area contributed by atoms with Gasteiger partial charge in [-0.15, -0.1) is 29.2 Å². The van der Waals surface area contributed by atoms with Gasteiger partial charge in [0.1, 0.15) is 6.61 Å². The lowest BCUT2D eigenvalue weighted by atomic mass is 10.3. The Morgan fingerprint density at radius 1 is 1.09 bits per heavy atom. The lowest BCUT2D eigenvalue weighted by molar-refractivity contribution is -0.121. The highest BCUT2D eigenvalue weighted by Gasteiger charge is 2.00. The van der Waals surface area contributed by atoms with Crippen LogP contribution < -0.4 is 5.32 Å². The Labute approximate surface area is 146 Å². The summed E-state index contributed by atoms with van der Waals surface area (Å²) in [5.41, 5.74) is 0. The van der Waals surface area contributed by atoms with Gasteiger partial charge in [0.15, 0.2) is 0 Å². The van der Waals surface area contributed by atoms with Crippen LogP contribution in [-0.4, -0.2) is 57.8 Å². The first-order valence-electron chi connectivity index (χ1n) is 7.21. The molecular formula is C14H27NO4S3. The van der Waals surface area contributed by atoms with E-state index in [2.05, 4.69) is 40.5 Å². The molecule has 0 aromatic heterocycles. The SMILES string of the molecule is CC#CCOCCNC(=O)CCCOCCOCC[SH](S)S. The predicted molar refractivity (Wildman–Crippen MR) is 100.0 cm³/mol. The van der Waals surface area contributed by atoms with Gasteiger partial charge in [0.05, 0.1) is 26.4 Å². The molecule has 1 N–H and O–H groups in total. The van der Waals surface area contributed by atoms with Crippen molar-refractivity contribution in [3.63, 3.8) is 0 Å². The minimum Gasteiger partial charge on any atom is -0.379 e. The average molecular weight is 370 g/mol. The van der Waals surface area contributed by atoms with Gasteiger partial charge in [-0.3, -0.25) is 4.79 Å². The summed E-state index contributed by atoms with van der Waals surface area (Å²) in [4.78, 5) is 11.5. The summed E-state index contributed by atoms with van der Waals surface area (Å²) in [7, 11) is -0.485. The predicted octanol–water partition coefficient (Wildman–Crippen LogP) is 1.65. The van der Waals surface area contributed by atoms with Gasteiger partial charge in [0.2, 0.25) is 5.91 Å². The molecule has 5 nitrogen and oxygen atoms in total. The first-order valence-corrected chi connectivity index (χ1v) is 11.0. The highest BCUT2D eigenvalue weighted by atomic mass is 33.5. The third kappa shape index (κ3) is 18.0. The van der Waals surface area contributed by atoms with Gasteiger partial charge in [0, 0.05) is 25.3 Å². The quantitative estimate of drug-likeness (QED) is 0.163. The van der Waals surface area contributed by atoms with Crippen LogP contribution in [0.25, 0.3) is 0 Å². The minimum atomic E-state index is -0.485. The lowest BCUT2D eigenvalue weighted by Crippen LogP contribution is -2.27. The van der Waals surface area contributed by atoms with Crippen molar-refractivity contribution in [3.05, 3.63) is 0 Å². The third-order valence-electron chi connectivity index (χ3n) is 2.42. The molecule has 0 bridgehead atoms. The van der Waals surface area contributed by atoms with Gasteiger partial charge in [-0.2, -0.15) is 8.96 Å². The Balaban J connectivity index is 3.19. The van der Waals surface area contributed by atoms with Crippen molar-refractivity contribution >= 4 is 38.2 Å². The van der Waals surface area contributed by atoms with E-state index >= 15 is 0 Å². The second-order valence-electron chi connectivity index (χ2n) is 4.25. The molecule has 0 saturated carbocycles. The van der Waals surface area contributed by atoms with Crippen LogP contribution in [-0.2, 0) is 19.0 Å².